The summed E-state index contributed by atoms with van der Waals surface area (Å²) in [6.07, 6.45) is 2.23. The van der Waals surface area contributed by atoms with Crippen LogP contribution in [0.5, 0.6) is 0 Å². The molecule has 0 aromatic carbocycles. The Kier molecular flexibility index (Phi) is 3.81. The van der Waals surface area contributed by atoms with Gasteiger partial charge in [0.1, 0.15) is 12.2 Å². The van der Waals surface area contributed by atoms with Crippen LogP contribution in [-0.2, 0) is 18.2 Å². The van der Waals surface area contributed by atoms with Gasteiger partial charge in [0.05, 0.1) is 12.6 Å². The number of hydrogen-bond donors (Lipinski definition) is 2. The predicted molar refractivity (Wildman–Crippen MR) is 47.7 cm³/mol. The fraction of sp³-hybridized carbons (Fsp3) is 0.714. The molecule has 1 rings (SSSR count). The zero-order chi connectivity index (χ0) is 9.68. The lowest BCUT2D eigenvalue weighted by atomic mass is 10.2. The van der Waals surface area contributed by atoms with Gasteiger partial charge < -0.3 is 4.74 Å². The normalized spacial score (nSPS) is 13.2. The molecule has 0 fully saturated rings. The SMILES string of the molecule is COCC(Cc1ncnn1C)NN. The molecule has 74 valence electrons. The number of ether oxygens (including phenoxy) is 1. The number of aryl methyl sites for hydroxylation is 1. The summed E-state index contributed by atoms with van der Waals surface area (Å²) in [5, 5.41) is 3.96. The van der Waals surface area contributed by atoms with E-state index in [2.05, 4.69) is 15.5 Å². The summed E-state index contributed by atoms with van der Waals surface area (Å²) in [6, 6.07) is 0.0768. The van der Waals surface area contributed by atoms with Gasteiger partial charge in [-0.2, -0.15) is 5.10 Å². The number of nitrogens with two attached hydrogens (primary N) is 1. The van der Waals surface area contributed by atoms with Crippen LogP contribution in [0.4, 0.5) is 0 Å². The molecule has 1 atom stereocenters. The maximum absolute atomic E-state index is 5.34. The van der Waals surface area contributed by atoms with E-state index < -0.39 is 0 Å². The fourth-order valence-corrected chi connectivity index (χ4v) is 1.09. The Labute approximate surface area is 77.1 Å². The van der Waals surface area contributed by atoms with Crippen LogP contribution < -0.4 is 11.3 Å². The van der Waals surface area contributed by atoms with Gasteiger partial charge in [0.15, 0.2) is 0 Å². The lowest BCUT2D eigenvalue weighted by molar-refractivity contribution is 0.165. The first kappa shape index (κ1) is 10.1. The quantitative estimate of drug-likeness (QED) is 0.447. The molecule has 0 aliphatic rings. The maximum Gasteiger partial charge on any atom is 0.138 e. The van der Waals surface area contributed by atoms with Crippen molar-refractivity contribution in [3.63, 3.8) is 0 Å². The topological polar surface area (TPSA) is 78.0 Å². The fourth-order valence-electron chi connectivity index (χ4n) is 1.09. The largest absolute Gasteiger partial charge is 0.383 e. The van der Waals surface area contributed by atoms with Gasteiger partial charge in [0.2, 0.25) is 0 Å². The monoisotopic (exact) mass is 185 g/mol. The van der Waals surface area contributed by atoms with Crippen LogP contribution >= 0.6 is 0 Å². The van der Waals surface area contributed by atoms with Crippen LogP contribution in [0.1, 0.15) is 5.82 Å². The van der Waals surface area contributed by atoms with Gasteiger partial charge in [-0.25, -0.2) is 4.98 Å². The van der Waals surface area contributed by atoms with Crippen LogP contribution in [0.2, 0.25) is 0 Å². The molecule has 0 radical (unpaired) electrons. The highest BCUT2D eigenvalue weighted by Crippen LogP contribution is 1.97. The van der Waals surface area contributed by atoms with Gasteiger partial charge in [-0.1, -0.05) is 0 Å². The Hall–Kier alpha value is -0.980. The van der Waals surface area contributed by atoms with E-state index in [1.807, 2.05) is 7.05 Å². The minimum atomic E-state index is 0.0768. The van der Waals surface area contributed by atoms with E-state index in [4.69, 9.17) is 10.6 Å². The van der Waals surface area contributed by atoms with Gasteiger partial charge in [-0.05, 0) is 0 Å². The highest BCUT2D eigenvalue weighted by atomic mass is 16.5. The van der Waals surface area contributed by atoms with Gasteiger partial charge in [-0.15, -0.1) is 0 Å². The molecule has 0 bridgehead atoms. The summed E-state index contributed by atoms with van der Waals surface area (Å²) >= 11 is 0. The summed E-state index contributed by atoms with van der Waals surface area (Å²) in [4.78, 5) is 4.09. The summed E-state index contributed by atoms with van der Waals surface area (Å²) in [5.41, 5.74) is 2.66. The van der Waals surface area contributed by atoms with Crippen molar-refractivity contribution in [3.8, 4) is 0 Å². The number of rotatable bonds is 5. The summed E-state index contributed by atoms with van der Waals surface area (Å²) in [7, 11) is 3.49. The molecular weight excluding hydrogens is 170 g/mol. The van der Waals surface area contributed by atoms with Crippen LogP contribution in [-0.4, -0.2) is 34.5 Å². The van der Waals surface area contributed by atoms with Crippen molar-refractivity contribution in [2.75, 3.05) is 13.7 Å². The second-order valence-electron chi connectivity index (χ2n) is 2.82. The third kappa shape index (κ3) is 2.76. The molecular formula is C7H15N5O. The first-order chi connectivity index (χ1) is 6.27. The molecule has 1 aromatic heterocycles. The molecule has 6 heteroatoms. The van der Waals surface area contributed by atoms with Gasteiger partial charge in [0, 0.05) is 20.6 Å². The molecule has 0 aliphatic carbocycles. The zero-order valence-corrected chi connectivity index (χ0v) is 7.90. The van der Waals surface area contributed by atoms with Crippen molar-refractivity contribution in [1.82, 2.24) is 20.2 Å². The average Bonchev–Trinajstić information content (AvgIpc) is 2.51. The third-order valence-corrected chi connectivity index (χ3v) is 1.84. The van der Waals surface area contributed by atoms with E-state index >= 15 is 0 Å². The number of methoxy groups -OCH3 is 1. The van der Waals surface area contributed by atoms with E-state index in [0.29, 0.717) is 13.0 Å². The highest BCUT2D eigenvalue weighted by Gasteiger charge is 2.10. The van der Waals surface area contributed by atoms with E-state index in [0.717, 1.165) is 5.82 Å². The zero-order valence-electron chi connectivity index (χ0n) is 7.90. The van der Waals surface area contributed by atoms with Crippen LogP contribution in [0.3, 0.4) is 0 Å². The van der Waals surface area contributed by atoms with E-state index in [1.54, 1.807) is 11.8 Å². The Morgan fingerprint density at radius 1 is 1.77 bits per heavy atom. The standard InChI is InChI=1S/C7H15N5O/c1-12-7(9-5-10-12)3-6(11-8)4-13-2/h5-6,11H,3-4,8H2,1-2H3. The predicted octanol–water partition coefficient (Wildman–Crippen LogP) is -1.16. The summed E-state index contributed by atoms with van der Waals surface area (Å²) in [6.45, 7) is 0.559. The molecule has 0 saturated heterocycles. The van der Waals surface area contributed by atoms with Gasteiger partial charge >= 0.3 is 0 Å². The number of nitrogens with one attached hydrogen (secondary N) is 1. The van der Waals surface area contributed by atoms with Crippen LogP contribution in [0, 0.1) is 0 Å². The van der Waals surface area contributed by atoms with Gasteiger partial charge in [-0.3, -0.25) is 16.0 Å². The summed E-state index contributed by atoms with van der Waals surface area (Å²) in [5.74, 6) is 6.23. The van der Waals surface area contributed by atoms with Crippen molar-refractivity contribution < 1.29 is 4.74 Å². The van der Waals surface area contributed by atoms with Crippen LogP contribution in [0.25, 0.3) is 0 Å². The Morgan fingerprint density at radius 2 is 2.54 bits per heavy atom. The molecule has 13 heavy (non-hydrogen) atoms. The third-order valence-electron chi connectivity index (χ3n) is 1.84. The maximum atomic E-state index is 5.34. The molecule has 6 nitrogen and oxygen atoms in total. The second-order valence-corrected chi connectivity index (χ2v) is 2.82. The number of aromatic nitrogens is 3. The van der Waals surface area contributed by atoms with Crippen LogP contribution in [0.15, 0.2) is 6.33 Å². The van der Waals surface area contributed by atoms with Crippen molar-refractivity contribution in [1.29, 1.82) is 0 Å². The number of hydrazine groups is 1. The molecule has 3 N–H and O–H groups in total. The van der Waals surface area contributed by atoms with Crippen molar-refractivity contribution in [2.45, 2.75) is 12.5 Å². The average molecular weight is 185 g/mol. The molecule has 1 heterocycles. The Bertz CT molecular complexity index is 249. The molecule has 0 amide bonds. The minimum Gasteiger partial charge on any atom is -0.383 e. The van der Waals surface area contributed by atoms with Crippen molar-refractivity contribution in [2.24, 2.45) is 12.9 Å². The van der Waals surface area contributed by atoms with Crippen molar-refractivity contribution in [3.05, 3.63) is 12.2 Å². The first-order valence-corrected chi connectivity index (χ1v) is 4.06. The molecule has 0 spiro atoms. The van der Waals surface area contributed by atoms with E-state index in [1.165, 1.54) is 6.33 Å². The second kappa shape index (κ2) is 4.90. The Balaban J connectivity index is 2.51. The molecule has 0 aliphatic heterocycles. The minimum absolute atomic E-state index is 0.0768. The molecule has 1 aromatic rings. The first-order valence-electron chi connectivity index (χ1n) is 4.06. The Morgan fingerprint density at radius 3 is 3.00 bits per heavy atom. The lowest BCUT2D eigenvalue weighted by Gasteiger charge is -2.13. The number of nitrogens with zero attached hydrogens (tertiary/aromatic N) is 3. The smallest absolute Gasteiger partial charge is 0.138 e. The molecule has 1 unspecified atom stereocenters. The highest BCUT2D eigenvalue weighted by molar-refractivity contribution is 4.88. The number of hydrogen-bond acceptors (Lipinski definition) is 5. The lowest BCUT2D eigenvalue weighted by Crippen LogP contribution is -2.40. The van der Waals surface area contributed by atoms with Crippen molar-refractivity contribution >= 4 is 0 Å². The van der Waals surface area contributed by atoms with E-state index in [9.17, 15) is 0 Å². The summed E-state index contributed by atoms with van der Waals surface area (Å²) < 4.78 is 6.71. The van der Waals surface area contributed by atoms with E-state index in [-0.39, 0.29) is 6.04 Å². The molecule has 0 saturated carbocycles. The van der Waals surface area contributed by atoms with Gasteiger partial charge in [0.25, 0.3) is 0 Å².